The van der Waals surface area contributed by atoms with Crippen molar-refractivity contribution in [2.45, 2.75) is 26.1 Å². The lowest BCUT2D eigenvalue weighted by Crippen LogP contribution is -2.30. The van der Waals surface area contributed by atoms with Crippen LogP contribution in [-0.4, -0.2) is 26.9 Å². The molecule has 4 rings (SSSR count). The number of amides is 1. The molecule has 3 aromatic rings. The molecule has 1 aliphatic heterocycles. The topological polar surface area (TPSA) is 50.2 Å². The Morgan fingerprint density at radius 1 is 1.15 bits per heavy atom. The number of aromatic nitrogens is 2. The van der Waals surface area contributed by atoms with Gasteiger partial charge in [-0.05, 0) is 28.8 Å². The van der Waals surface area contributed by atoms with E-state index in [4.69, 9.17) is 0 Å². The van der Waals surface area contributed by atoms with Gasteiger partial charge in [-0.3, -0.25) is 14.7 Å². The largest absolute Gasteiger partial charge is 0.347 e. The van der Waals surface area contributed by atoms with Crippen LogP contribution in [0.2, 0.25) is 0 Å². The highest BCUT2D eigenvalue weighted by atomic mass is 16.1. The summed E-state index contributed by atoms with van der Waals surface area (Å²) in [6.45, 7) is 3.32. The van der Waals surface area contributed by atoms with E-state index in [-0.39, 0.29) is 5.91 Å². The fraction of sp³-hybridized carbons (Fsp3) is 0.273. The molecule has 0 saturated carbocycles. The molecule has 0 bridgehead atoms. The summed E-state index contributed by atoms with van der Waals surface area (Å²) in [4.78, 5) is 19.2. The standard InChI is InChI=1S/C22H24N4O/c1-25-20-9-11-26(15-17-6-3-2-4-7-17)16-19(20)12-21(25)22(27)24-14-18-8-5-10-23-13-18/h2-8,10,12-13H,9,11,14-16H2,1H3,(H,24,27). The zero-order chi connectivity index (χ0) is 18.6. The lowest BCUT2D eigenvalue weighted by Gasteiger charge is -2.27. The number of hydrogen-bond donors (Lipinski definition) is 1. The van der Waals surface area contributed by atoms with Crippen LogP contribution in [0.3, 0.4) is 0 Å². The summed E-state index contributed by atoms with van der Waals surface area (Å²) in [5, 5.41) is 3.00. The first-order valence-corrected chi connectivity index (χ1v) is 9.31. The van der Waals surface area contributed by atoms with Crippen LogP contribution >= 0.6 is 0 Å². The molecule has 3 heterocycles. The first kappa shape index (κ1) is 17.5. The quantitative estimate of drug-likeness (QED) is 0.761. The number of carbonyl (C=O) groups excluding carboxylic acids is 1. The molecule has 1 aliphatic rings. The van der Waals surface area contributed by atoms with Crippen molar-refractivity contribution in [1.82, 2.24) is 19.8 Å². The van der Waals surface area contributed by atoms with Crippen molar-refractivity contribution < 1.29 is 4.79 Å². The Bertz CT molecular complexity index is 918. The molecule has 0 atom stereocenters. The van der Waals surface area contributed by atoms with Crippen LogP contribution in [0.15, 0.2) is 60.9 Å². The van der Waals surface area contributed by atoms with Crippen molar-refractivity contribution in [3.8, 4) is 0 Å². The molecule has 1 N–H and O–H groups in total. The lowest BCUT2D eigenvalue weighted by molar-refractivity contribution is 0.0942. The third-order valence-corrected chi connectivity index (χ3v) is 5.16. The molecule has 0 unspecified atom stereocenters. The average molecular weight is 360 g/mol. The van der Waals surface area contributed by atoms with Crippen LogP contribution in [0, 0.1) is 0 Å². The first-order chi connectivity index (χ1) is 13.2. The third kappa shape index (κ3) is 3.93. The van der Waals surface area contributed by atoms with Crippen molar-refractivity contribution in [2.24, 2.45) is 7.05 Å². The fourth-order valence-corrected chi connectivity index (χ4v) is 3.73. The van der Waals surface area contributed by atoms with E-state index >= 15 is 0 Å². The van der Waals surface area contributed by atoms with Gasteiger partial charge in [0.1, 0.15) is 5.69 Å². The molecule has 0 spiro atoms. The van der Waals surface area contributed by atoms with E-state index in [1.807, 2.05) is 35.9 Å². The van der Waals surface area contributed by atoms with Gasteiger partial charge < -0.3 is 9.88 Å². The van der Waals surface area contributed by atoms with Crippen molar-refractivity contribution in [2.75, 3.05) is 6.54 Å². The van der Waals surface area contributed by atoms with Gasteiger partial charge in [-0.15, -0.1) is 0 Å². The Labute approximate surface area is 159 Å². The van der Waals surface area contributed by atoms with E-state index in [1.165, 1.54) is 16.8 Å². The SMILES string of the molecule is Cn1c(C(=O)NCc2cccnc2)cc2c1CCN(Cc1ccccc1)C2. The zero-order valence-electron chi connectivity index (χ0n) is 15.6. The van der Waals surface area contributed by atoms with Gasteiger partial charge in [0.2, 0.25) is 0 Å². The van der Waals surface area contributed by atoms with Crippen molar-refractivity contribution >= 4 is 5.91 Å². The zero-order valence-corrected chi connectivity index (χ0v) is 15.6. The van der Waals surface area contributed by atoms with Crippen LogP contribution in [0.1, 0.15) is 32.9 Å². The van der Waals surface area contributed by atoms with Gasteiger partial charge in [-0.25, -0.2) is 0 Å². The van der Waals surface area contributed by atoms with Crippen LogP contribution in [0.5, 0.6) is 0 Å². The van der Waals surface area contributed by atoms with Crippen LogP contribution in [0.25, 0.3) is 0 Å². The predicted octanol–water partition coefficient (Wildman–Crippen LogP) is 2.91. The van der Waals surface area contributed by atoms with Gasteiger partial charge >= 0.3 is 0 Å². The smallest absolute Gasteiger partial charge is 0.268 e. The highest BCUT2D eigenvalue weighted by Gasteiger charge is 2.23. The second kappa shape index (κ2) is 7.76. The van der Waals surface area contributed by atoms with E-state index in [9.17, 15) is 4.79 Å². The summed E-state index contributed by atoms with van der Waals surface area (Å²) < 4.78 is 2.05. The maximum atomic E-state index is 12.7. The minimum absolute atomic E-state index is 0.0367. The molecule has 0 radical (unpaired) electrons. The number of carbonyl (C=O) groups is 1. The van der Waals surface area contributed by atoms with E-state index in [0.717, 1.165) is 37.3 Å². The van der Waals surface area contributed by atoms with Gasteiger partial charge in [-0.1, -0.05) is 36.4 Å². The number of fused-ring (bicyclic) bond motifs is 1. The second-order valence-corrected chi connectivity index (χ2v) is 7.05. The maximum absolute atomic E-state index is 12.7. The molecule has 0 fully saturated rings. The van der Waals surface area contributed by atoms with Gasteiger partial charge in [0.25, 0.3) is 5.91 Å². The summed E-state index contributed by atoms with van der Waals surface area (Å²) in [6, 6.07) is 16.4. The first-order valence-electron chi connectivity index (χ1n) is 9.31. The molecule has 0 saturated heterocycles. The lowest BCUT2D eigenvalue weighted by atomic mass is 10.1. The monoisotopic (exact) mass is 360 g/mol. The summed E-state index contributed by atoms with van der Waals surface area (Å²) in [5.74, 6) is -0.0367. The summed E-state index contributed by atoms with van der Waals surface area (Å²) in [5.41, 5.74) is 5.58. The number of hydrogen-bond acceptors (Lipinski definition) is 3. The number of nitrogens with zero attached hydrogens (tertiary/aromatic N) is 3. The molecule has 138 valence electrons. The molecule has 5 nitrogen and oxygen atoms in total. The Hall–Kier alpha value is -2.92. The van der Waals surface area contributed by atoms with E-state index in [1.54, 1.807) is 12.4 Å². The normalized spacial score (nSPS) is 14.0. The van der Waals surface area contributed by atoms with E-state index < -0.39 is 0 Å². The van der Waals surface area contributed by atoms with Crippen LogP contribution in [0.4, 0.5) is 0 Å². The Morgan fingerprint density at radius 3 is 2.74 bits per heavy atom. The molecule has 0 aliphatic carbocycles. The summed E-state index contributed by atoms with van der Waals surface area (Å²) >= 11 is 0. The van der Waals surface area contributed by atoms with Crippen LogP contribution in [-0.2, 0) is 33.1 Å². The molecule has 1 aromatic carbocycles. The highest BCUT2D eigenvalue weighted by molar-refractivity contribution is 5.93. The van der Waals surface area contributed by atoms with E-state index in [2.05, 4.69) is 39.5 Å². The minimum Gasteiger partial charge on any atom is -0.347 e. The van der Waals surface area contributed by atoms with Gasteiger partial charge in [-0.2, -0.15) is 0 Å². The molecular weight excluding hydrogens is 336 g/mol. The predicted molar refractivity (Wildman–Crippen MR) is 105 cm³/mol. The number of pyridine rings is 1. The van der Waals surface area contributed by atoms with Crippen molar-refractivity contribution in [1.29, 1.82) is 0 Å². The molecular formula is C22H24N4O. The number of nitrogens with one attached hydrogen (secondary N) is 1. The average Bonchev–Trinajstić information content (AvgIpc) is 3.04. The fourth-order valence-electron chi connectivity index (χ4n) is 3.73. The second-order valence-electron chi connectivity index (χ2n) is 7.05. The van der Waals surface area contributed by atoms with Gasteiger partial charge in [0, 0.05) is 57.7 Å². The highest BCUT2D eigenvalue weighted by Crippen LogP contribution is 2.24. The van der Waals surface area contributed by atoms with Crippen molar-refractivity contribution in [3.05, 3.63) is 89.0 Å². The third-order valence-electron chi connectivity index (χ3n) is 5.16. The molecule has 2 aromatic heterocycles. The van der Waals surface area contributed by atoms with E-state index in [0.29, 0.717) is 6.54 Å². The molecule has 5 heteroatoms. The molecule has 1 amide bonds. The summed E-state index contributed by atoms with van der Waals surface area (Å²) in [6.07, 6.45) is 4.48. The number of benzene rings is 1. The van der Waals surface area contributed by atoms with Crippen molar-refractivity contribution in [3.63, 3.8) is 0 Å². The van der Waals surface area contributed by atoms with Gasteiger partial charge in [0.15, 0.2) is 0 Å². The minimum atomic E-state index is -0.0367. The van der Waals surface area contributed by atoms with Crippen LogP contribution < -0.4 is 5.32 Å². The summed E-state index contributed by atoms with van der Waals surface area (Å²) in [7, 11) is 1.99. The molecule has 27 heavy (non-hydrogen) atoms. The maximum Gasteiger partial charge on any atom is 0.268 e. The Balaban J connectivity index is 1.44. The Kier molecular flexibility index (Phi) is 5.03. The van der Waals surface area contributed by atoms with Gasteiger partial charge in [0.05, 0.1) is 0 Å². The number of rotatable bonds is 5. The Morgan fingerprint density at radius 2 is 1.96 bits per heavy atom.